The SMILES string of the molecule is CCOCCN(C(=O)NCCCCN(C)C)C(=O)[C@@H](CNC)C[C@H]1CCc2sc(N)c(N)c2C1. The molecular weight excluding hydrogens is 452 g/mol. The summed E-state index contributed by atoms with van der Waals surface area (Å²) in [6.07, 6.45) is 5.33. The topological polar surface area (TPSA) is 126 Å². The van der Waals surface area contributed by atoms with Crippen molar-refractivity contribution in [3.05, 3.63) is 10.4 Å². The van der Waals surface area contributed by atoms with Gasteiger partial charge in [0.2, 0.25) is 5.91 Å². The molecular formula is C24H44N6O3S. The first-order valence-corrected chi connectivity index (χ1v) is 13.2. The number of ether oxygens (including phenoxy) is 1. The van der Waals surface area contributed by atoms with E-state index in [0.29, 0.717) is 49.3 Å². The molecule has 2 rings (SSSR count). The lowest BCUT2D eigenvalue weighted by Crippen LogP contribution is -2.49. The van der Waals surface area contributed by atoms with Crippen LogP contribution >= 0.6 is 11.3 Å². The molecule has 1 heterocycles. The minimum atomic E-state index is -0.337. The maximum Gasteiger partial charge on any atom is 0.324 e. The van der Waals surface area contributed by atoms with Crippen molar-refractivity contribution in [2.24, 2.45) is 11.8 Å². The third kappa shape index (κ3) is 8.41. The zero-order valence-corrected chi connectivity index (χ0v) is 22.1. The number of hydrogen-bond acceptors (Lipinski definition) is 8. The second-order valence-corrected chi connectivity index (χ2v) is 10.4. The van der Waals surface area contributed by atoms with Crippen LogP contribution in [-0.4, -0.2) is 82.3 Å². The Labute approximate surface area is 208 Å². The van der Waals surface area contributed by atoms with Gasteiger partial charge in [-0.3, -0.25) is 9.69 Å². The number of nitrogens with zero attached hydrogens (tertiary/aromatic N) is 2. The number of carbonyl (C=O) groups excluding carboxylic acids is 2. The fraction of sp³-hybridized carbons (Fsp3) is 0.750. The molecule has 2 atom stereocenters. The van der Waals surface area contributed by atoms with E-state index in [1.165, 1.54) is 9.78 Å². The van der Waals surface area contributed by atoms with Crippen molar-refractivity contribution in [1.29, 1.82) is 0 Å². The summed E-state index contributed by atoms with van der Waals surface area (Å²) >= 11 is 1.58. The average molecular weight is 497 g/mol. The number of urea groups is 1. The highest BCUT2D eigenvalue weighted by Crippen LogP contribution is 2.41. The standard InChI is InChI=1S/C24H44N6O3S/c1-5-33-13-12-30(24(32)28-10-6-7-11-29(3)4)23(31)18(16-27-2)14-17-8-9-20-19(15-17)21(25)22(26)34-20/h17-18,27H,5-16,25-26H2,1-4H3,(H,28,32)/t17-,18-/m1/s1. The number of anilines is 2. The second kappa shape index (κ2) is 14.5. The van der Waals surface area contributed by atoms with Crippen LogP contribution in [0, 0.1) is 11.8 Å². The Morgan fingerprint density at radius 2 is 2.00 bits per heavy atom. The van der Waals surface area contributed by atoms with Crippen LogP contribution in [0.4, 0.5) is 15.5 Å². The van der Waals surface area contributed by atoms with Gasteiger partial charge in [0, 0.05) is 24.6 Å². The quantitative estimate of drug-likeness (QED) is 0.291. The van der Waals surface area contributed by atoms with Crippen LogP contribution in [0.1, 0.15) is 43.0 Å². The highest BCUT2D eigenvalue weighted by atomic mass is 32.1. The number of amides is 3. The summed E-state index contributed by atoms with van der Waals surface area (Å²) in [4.78, 5) is 31.3. The second-order valence-electron chi connectivity index (χ2n) is 9.31. The monoisotopic (exact) mass is 496 g/mol. The average Bonchev–Trinajstić information content (AvgIpc) is 3.08. The van der Waals surface area contributed by atoms with Crippen molar-refractivity contribution in [1.82, 2.24) is 20.4 Å². The number of fused-ring (bicyclic) bond motifs is 1. The van der Waals surface area contributed by atoms with E-state index in [4.69, 9.17) is 16.2 Å². The molecule has 0 aromatic carbocycles. The first kappa shape index (κ1) is 28.4. The van der Waals surface area contributed by atoms with Crippen LogP contribution in [0.2, 0.25) is 0 Å². The van der Waals surface area contributed by atoms with E-state index in [1.807, 2.05) is 28.1 Å². The minimum Gasteiger partial charge on any atom is -0.396 e. The molecule has 9 nitrogen and oxygen atoms in total. The summed E-state index contributed by atoms with van der Waals surface area (Å²) in [6, 6.07) is -0.337. The van der Waals surface area contributed by atoms with Gasteiger partial charge in [-0.1, -0.05) is 0 Å². The lowest BCUT2D eigenvalue weighted by Gasteiger charge is -2.30. The Hall–Kier alpha value is -1.88. The molecule has 0 aliphatic heterocycles. The maximum atomic E-state index is 13.6. The Bertz CT molecular complexity index is 785. The predicted molar refractivity (Wildman–Crippen MR) is 140 cm³/mol. The first-order valence-electron chi connectivity index (χ1n) is 12.4. The van der Waals surface area contributed by atoms with Gasteiger partial charge in [0.25, 0.3) is 0 Å². The van der Waals surface area contributed by atoms with Gasteiger partial charge in [0.05, 0.1) is 24.8 Å². The third-order valence-corrected chi connectivity index (χ3v) is 7.47. The highest BCUT2D eigenvalue weighted by molar-refractivity contribution is 7.16. The van der Waals surface area contributed by atoms with E-state index < -0.39 is 0 Å². The fourth-order valence-electron chi connectivity index (χ4n) is 4.50. The number of hydrogen-bond donors (Lipinski definition) is 4. The number of imide groups is 1. The molecule has 0 saturated carbocycles. The number of thiophene rings is 1. The number of nitrogen functional groups attached to an aromatic ring is 2. The Morgan fingerprint density at radius 1 is 1.24 bits per heavy atom. The number of rotatable bonds is 14. The van der Waals surface area contributed by atoms with Gasteiger partial charge in [0.1, 0.15) is 5.00 Å². The highest BCUT2D eigenvalue weighted by Gasteiger charge is 2.32. The summed E-state index contributed by atoms with van der Waals surface area (Å²) < 4.78 is 5.46. The summed E-state index contributed by atoms with van der Waals surface area (Å²) in [6.45, 7) is 5.07. The molecule has 0 unspecified atom stereocenters. The van der Waals surface area contributed by atoms with E-state index in [-0.39, 0.29) is 24.4 Å². The Balaban J connectivity index is 2.02. The Kier molecular flexibility index (Phi) is 12.1. The maximum absolute atomic E-state index is 13.6. The van der Waals surface area contributed by atoms with Crippen LogP contribution in [0.3, 0.4) is 0 Å². The van der Waals surface area contributed by atoms with Crippen molar-refractivity contribution in [3.8, 4) is 0 Å². The van der Waals surface area contributed by atoms with Crippen LogP contribution in [0.5, 0.6) is 0 Å². The van der Waals surface area contributed by atoms with Gasteiger partial charge in [-0.05, 0) is 84.6 Å². The van der Waals surface area contributed by atoms with Crippen LogP contribution < -0.4 is 22.1 Å². The summed E-state index contributed by atoms with van der Waals surface area (Å²) in [5.41, 5.74) is 14.1. The molecule has 6 N–H and O–H groups in total. The molecule has 0 radical (unpaired) electrons. The van der Waals surface area contributed by atoms with Crippen molar-refractivity contribution in [2.45, 2.75) is 45.4 Å². The van der Waals surface area contributed by atoms with Gasteiger partial charge in [0.15, 0.2) is 0 Å². The zero-order chi connectivity index (χ0) is 25.1. The van der Waals surface area contributed by atoms with E-state index in [9.17, 15) is 9.59 Å². The van der Waals surface area contributed by atoms with Crippen molar-refractivity contribution < 1.29 is 14.3 Å². The first-order chi connectivity index (χ1) is 16.3. The van der Waals surface area contributed by atoms with Crippen LogP contribution in [-0.2, 0) is 22.4 Å². The molecule has 0 fully saturated rings. The van der Waals surface area contributed by atoms with Gasteiger partial charge in [-0.2, -0.15) is 0 Å². The van der Waals surface area contributed by atoms with E-state index in [0.717, 1.165) is 44.2 Å². The largest absolute Gasteiger partial charge is 0.396 e. The number of unbranched alkanes of at least 4 members (excludes halogenated alkanes) is 1. The smallest absolute Gasteiger partial charge is 0.324 e. The predicted octanol–water partition coefficient (Wildman–Crippen LogP) is 2.16. The number of nitrogens with one attached hydrogen (secondary N) is 2. The number of carbonyl (C=O) groups is 2. The molecule has 0 bridgehead atoms. The molecule has 1 aliphatic rings. The molecule has 10 heteroatoms. The molecule has 194 valence electrons. The van der Waals surface area contributed by atoms with Crippen molar-refractivity contribution in [3.63, 3.8) is 0 Å². The Morgan fingerprint density at radius 3 is 2.68 bits per heavy atom. The summed E-state index contributed by atoms with van der Waals surface area (Å²) in [5, 5.41) is 6.77. The molecule has 1 aromatic rings. The van der Waals surface area contributed by atoms with E-state index in [1.54, 1.807) is 11.3 Å². The van der Waals surface area contributed by atoms with Crippen LogP contribution in [0.15, 0.2) is 0 Å². The number of aryl methyl sites for hydroxylation is 1. The van der Waals surface area contributed by atoms with Gasteiger partial charge in [-0.25, -0.2) is 4.79 Å². The lowest BCUT2D eigenvalue weighted by molar-refractivity contribution is -0.133. The fourth-order valence-corrected chi connectivity index (χ4v) is 5.53. The summed E-state index contributed by atoms with van der Waals surface area (Å²) in [7, 11) is 5.90. The van der Waals surface area contributed by atoms with E-state index in [2.05, 4.69) is 15.5 Å². The molecule has 0 saturated heterocycles. The normalized spacial score (nSPS) is 16.3. The molecule has 3 amide bonds. The molecule has 1 aliphatic carbocycles. The number of nitrogens with two attached hydrogens (primary N) is 2. The van der Waals surface area contributed by atoms with Gasteiger partial charge in [-0.15, -0.1) is 11.3 Å². The summed E-state index contributed by atoms with van der Waals surface area (Å²) in [5.74, 6) is -0.118. The van der Waals surface area contributed by atoms with Crippen molar-refractivity contribution in [2.75, 3.05) is 72.0 Å². The molecule has 0 spiro atoms. The van der Waals surface area contributed by atoms with Crippen LogP contribution in [0.25, 0.3) is 0 Å². The third-order valence-electron chi connectivity index (χ3n) is 6.33. The molecule has 1 aromatic heterocycles. The lowest BCUT2D eigenvalue weighted by atomic mass is 9.81. The minimum absolute atomic E-state index is 0.150. The van der Waals surface area contributed by atoms with E-state index >= 15 is 0 Å². The molecule has 34 heavy (non-hydrogen) atoms. The van der Waals surface area contributed by atoms with Gasteiger partial charge < -0.3 is 31.7 Å². The van der Waals surface area contributed by atoms with Crippen molar-refractivity contribution >= 4 is 34.0 Å². The van der Waals surface area contributed by atoms with Gasteiger partial charge >= 0.3 is 6.03 Å². The zero-order valence-electron chi connectivity index (χ0n) is 21.3.